The van der Waals surface area contributed by atoms with Gasteiger partial charge in [0.05, 0.1) is 4.90 Å². The molecule has 35 heavy (non-hydrogen) atoms. The van der Waals surface area contributed by atoms with Crippen LogP contribution >= 0.6 is 0 Å². The van der Waals surface area contributed by atoms with E-state index in [0.29, 0.717) is 23.3 Å². The van der Waals surface area contributed by atoms with Gasteiger partial charge in [0.15, 0.2) is 0 Å². The van der Waals surface area contributed by atoms with Gasteiger partial charge in [0.2, 0.25) is 0 Å². The average Bonchev–Trinajstić information content (AvgIpc) is 3.21. The van der Waals surface area contributed by atoms with Gasteiger partial charge in [0, 0.05) is 30.0 Å². The van der Waals surface area contributed by atoms with E-state index in [1.54, 1.807) is 12.1 Å². The lowest BCUT2D eigenvalue weighted by Crippen LogP contribution is -2.18. The summed E-state index contributed by atoms with van der Waals surface area (Å²) in [6.45, 7) is 1.84. The number of fused-ring (bicyclic) bond motifs is 1. The molecule has 0 fully saturated rings. The number of aryl methyl sites for hydroxylation is 1. The van der Waals surface area contributed by atoms with Crippen LogP contribution < -0.4 is 4.74 Å². The first kappa shape index (κ1) is 23.2. The molecular weight excluding hydrogens is 470 g/mol. The van der Waals surface area contributed by atoms with E-state index in [-0.39, 0.29) is 16.9 Å². The molecule has 0 saturated heterocycles. The SMILES string of the molecule is Cc1ccc(S(=O)(=O)O)c(CC2Cc3cc(-c4ccccc4)cc(-c4ccc(F)cc4F)c3O2)c1. The predicted molar refractivity (Wildman–Crippen MR) is 130 cm³/mol. The van der Waals surface area contributed by atoms with Crippen LogP contribution in [-0.4, -0.2) is 19.1 Å². The fourth-order valence-electron chi connectivity index (χ4n) is 4.62. The van der Waals surface area contributed by atoms with Crippen molar-refractivity contribution in [2.24, 2.45) is 0 Å². The van der Waals surface area contributed by atoms with Crippen LogP contribution in [0.2, 0.25) is 0 Å². The summed E-state index contributed by atoms with van der Waals surface area (Å²) in [5.41, 5.74) is 4.66. The predicted octanol–water partition coefficient (Wildman–Crippen LogP) is 6.40. The molecule has 1 unspecified atom stereocenters. The molecule has 0 saturated carbocycles. The zero-order valence-corrected chi connectivity index (χ0v) is 19.6. The molecule has 0 radical (unpaired) electrons. The van der Waals surface area contributed by atoms with Crippen molar-refractivity contribution in [1.82, 2.24) is 0 Å². The summed E-state index contributed by atoms with van der Waals surface area (Å²) in [6, 6.07) is 21.6. The second kappa shape index (κ2) is 8.91. The van der Waals surface area contributed by atoms with Crippen LogP contribution in [0.4, 0.5) is 8.78 Å². The number of halogens is 2. The van der Waals surface area contributed by atoms with Crippen LogP contribution in [0, 0.1) is 18.6 Å². The summed E-state index contributed by atoms with van der Waals surface area (Å²) in [4.78, 5) is -0.155. The lowest BCUT2D eigenvalue weighted by Gasteiger charge is -2.16. The molecule has 0 bridgehead atoms. The summed E-state index contributed by atoms with van der Waals surface area (Å²) >= 11 is 0. The highest BCUT2D eigenvalue weighted by Crippen LogP contribution is 2.43. The molecule has 1 aliphatic heterocycles. The zero-order chi connectivity index (χ0) is 24.7. The number of benzene rings is 4. The summed E-state index contributed by atoms with van der Waals surface area (Å²) in [7, 11) is -4.40. The average molecular weight is 493 g/mol. The van der Waals surface area contributed by atoms with E-state index < -0.39 is 27.9 Å². The van der Waals surface area contributed by atoms with E-state index in [4.69, 9.17) is 4.74 Å². The second-order valence-corrected chi connectivity index (χ2v) is 10.1. The second-order valence-electron chi connectivity index (χ2n) is 8.74. The van der Waals surface area contributed by atoms with Crippen molar-refractivity contribution in [3.05, 3.63) is 107 Å². The molecule has 5 rings (SSSR count). The van der Waals surface area contributed by atoms with Gasteiger partial charge in [-0.1, -0.05) is 48.0 Å². The van der Waals surface area contributed by atoms with Crippen LogP contribution in [0.5, 0.6) is 5.75 Å². The quantitative estimate of drug-likeness (QED) is 0.328. The summed E-state index contributed by atoms with van der Waals surface area (Å²) in [6.07, 6.45) is 0.267. The molecular formula is C28H22F2O4S. The lowest BCUT2D eigenvalue weighted by molar-refractivity contribution is 0.233. The van der Waals surface area contributed by atoms with Crippen molar-refractivity contribution in [3.63, 3.8) is 0 Å². The van der Waals surface area contributed by atoms with E-state index >= 15 is 0 Å². The van der Waals surface area contributed by atoms with Gasteiger partial charge in [-0.05, 0) is 59.5 Å². The first-order valence-corrected chi connectivity index (χ1v) is 12.5. The zero-order valence-electron chi connectivity index (χ0n) is 18.8. The first-order valence-electron chi connectivity index (χ1n) is 11.1. The van der Waals surface area contributed by atoms with E-state index in [1.165, 1.54) is 18.2 Å². The molecule has 0 aliphatic carbocycles. The van der Waals surface area contributed by atoms with Crippen molar-refractivity contribution in [2.45, 2.75) is 30.8 Å². The Morgan fingerprint density at radius 2 is 1.69 bits per heavy atom. The third-order valence-electron chi connectivity index (χ3n) is 6.17. The van der Waals surface area contributed by atoms with E-state index in [9.17, 15) is 21.8 Å². The molecule has 1 N–H and O–H groups in total. The van der Waals surface area contributed by atoms with Crippen molar-refractivity contribution in [1.29, 1.82) is 0 Å². The largest absolute Gasteiger partial charge is 0.489 e. The molecule has 7 heteroatoms. The Morgan fingerprint density at radius 3 is 2.40 bits per heavy atom. The third-order valence-corrected chi connectivity index (χ3v) is 7.12. The fraction of sp³-hybridized carbons (Fsp3) is 0.143. The Kier molecular flexibility index (Phi) is 5.91. The topological polar surface area (TPSA) is 63.6 Å². The van der Waals surface area contributed by atoms with Crippen molar-refractivity contribution >= 4 is 10.1 Å². The summed E-state index contributed by atoms with van der Waals surface area (Å²) in [5, 5.41) is 0. The van der Waals surface area contributed by atoms with Crippen LogP contribution in [0.3, 0.4) is 0 Å². The first-order chi connectivity index (χ1) is 16.7. The standard InChI is InChI=1S/C28H22F2O4S/c1-17-7-10-27(35(31,32)33)20(11-17)13-23-14-21-12-19(18-5-3-2-4-6-18)15-25(28(21)34-23)24-9-8-22(29)16-26(24)30/h2-12,15-16,23H,13-14H2,1H3,(H,31,32,33). The molecule has 4 aromatic rings. The molecule has 4 aromatic carbocycles. The minimum Gasteiger partial charge on any atom is -0.489 e. The maximum atomic E-state index is 14.8. The molecule has 1 atom stereocenters. The third kappa shape index (κ3) is 4.70. The molecule has 1 heterocycles. The molecule has 0 amide bonds. The van der Waals surface area contributed by atoms with Gasteiger partial charge in [-0.3, -0.25) is 4.55 Å². The van der Waals surface area contributed by atoms with E-state index in [1.807, 2.05) is 49.4 Å². The smallest absolute Gasteiger partial charge is 0.294 e. The molecule has 0 aromatic heterocycles. The van der Waals surface area contributed by atoms with Gasteiger partial charge in [-0.15, -0.1) is 0 Å². The Hall–Kier alpha value is -3.55. The number of hydrogen-bond donors (Lipinski definition) is 1. The van der Waals surface area contributed by atoms with Crippen molar-refractivity contribution in [2.75, 3.05) is 0 Å². The lowest BCUT2D eigenvalue weighted by atomic mass is 9.93. The summed E-state index contributed by atoms with van der Waals surface area (Å²) in [5.74, 6) is -0.879. The molecule has 0 spiro atoms. The Balaban J connectivity index is 1.58. The van der Waals surface area contributed by atoms with Gasteiger partial charge >= 0.3 is 0 Å². The molecule has 178 valence electrons. The molecule has 4 nitrogen and oxygen atoms in total. The van der Waals surface area contributed by atoms with Crippen molar-refractivity contribution < 1.29 is 26.5 Å². The maximum absolute atomic E-state index is 14.8. The van der Waals surface area contributed by atoms with E-state index in [2.05, 4.69) is 0 Å². The monoisotopic (exact) mass is 492 g/mol. The van der Waals surface area contributed by atoms with Crippen LogP contribution in [0.25, 0.3) is 22.3 Å². The minimum atomic E-state index is -4.40. The van der Waals surface area contributed by atoms with E-state index in [0.717, 1.165) is 28.3 Å². The molecule has 1 aliphatic rings. The highest BCUT2D eigenvalue weighted by molar-refractivity contribution is 7.85. The van der Waals surface area contributed by atoms with Gasteiger partial charge in [-0.2, -0.15) is 8.42 Å². The highest BCUT2D eigenvalue weighted by Gasteiger charge is 2.30. The Bertz CT molecular complexity index is 1530. The number of ether oxygens (including phenoxy) is 1. The van der Waals surface area contributed by atoms with Crippen LogP contribution in [-0.2, 0) is 23.0 Å². The van der Waals surface area contributed by atoms with Crippen LogP contribution in [0.1, 0.15) is 16.7 Å². The van der Waals surface area contributed by atoms with Crippen molar-refractivity contribution in [3.8, 4) is 28.0 Å². The minimum absolute atomic E-state index is 0.155. The Morgan fingerprint density at radius 1 is 0.914 bits per heavy atom. The highest BCUT2D eigenvalue weighted by atomic mass is 32.2. The van der Waals surface area contributed by atoms with Crippen LogP contribution in [0.15, 0.2) is 83.8 Å². The van der Waals surface area contributed by atoms with Gasteiger partial charge in [0.25, 0.3) is 10.1 Å². The number of rotatable bonds is 5. The normalized spacial score (nSPS) is 15.0. The summed E-state index contributed by atoms with van der Waals surface area (Å²) < 4.78 is 68.2. The van der Waals surface area contributed by atoms with Gasteiger partial charge < -0.3 is 4.74 Å². The fourth-order valence-corrected chi connectivity index (χ4v) is 5.33. The Labute approximate surface area is 202 Å². The van der Waals surface area contributed by atoms with Gasteiger partial charge in [-0.25, -0.2) is 8.78 Å². The maximum Gasteiger partial charge on any atom is 0.294 e. The number of hydrogen-bond acceptors (Lipinski definition) is 3. The van der Waals surface area contributed by atoms with Gasteiger partial charge in [0.1, 0.15) is 23.5 Å².